The molecule has 0 fully saturated rings. The standard InChI is InChI=1S/C16H13N3O/c1-2-19-14-6-4-3-5-11(14)18-13-7-10-12(8-15(13)19)17-9-16(10)20/h3-8H,2,9H2,1H3/p+1. The van der Waals surface area contributed by atoms with Gasteiger partial charge in [-0.25, -0.2) is 4.98 Å². The van der Waals surface area contributed by atoms with E-state index in [-0.39, 0.29) is 5.78 Å². The number of hydrogen-bond acceptors (Lipinski definition) is 3. The van der Waals surface area contributed by atoms with Crippen LogP contribution in [0.15, 0.2) is 36.4 Å². The molecule has 0 radical (unpaired) electrons. The summed E-state index contributed by atoms with van der Waals surface area (Å²) in [5, 5.41) is 3.15. The normalized spacial score (nSPS) is 13.8. The van der Waals surface area contributed by atoms with Gasteiger partial charge in [0.2, 0.25) is 11.0 Å². The highest BCUT2D eigenvalue weighted by Crippen LogP contribution is 2.27. The molecular weight excluding hydrogens is 250 g/mol. The van der Waals surface area contributed by atoms with Crippen molar-refractivity contribution in [1.29, 1.82) is 0 Å². The van der Waals surface area contributed by atoms with Crippen LogP contribution in [0.2, 0.25) is 0 Å². The van der Waals surface area contributed by atoms with Crippen LogP contribution >= 0.6 is 0 Å². The monoisotopic (exact) mass is 264 g/mol. The second kappa shape index (κ2) is 4.00. The zero-order chi connectivity index (χ0) is 13.7. The number of anilines is 1. The van der Waals surface area contributed by atoms with Gasteiger partial charge >= 0.3 is 0 Å². The van der Waals surface area contributed by atoms with Gasteiger partial charge in [-0.05, 0) is 19.1 Å². The van der Waals surface area contributed by atoms with Crippen LogP contribution in [0, 0.1) is 0 Å². The summed E-state index contributed by atoms with van der Waals surface area (Å²) in [7, 11) is 0. The van der Waals surface area contributed by atoms with Crippen molar-refractivity contribution in [3.05, 3.63) is 42.0 Å². The van der Waals surface area contributed by atoms with Crippen LogP contribution in [-0.4, -0.2) is 17.3 Å². The first kappa shape index (κ1) is 11.3. The van der Waals surface area contributed by atoms with Gasteiger partial charge in [0.05, 0.1) is 12.2 Å². The van der Waals surface area contributed by atoms with Gasteiger partial charge in [0.15, 0.2) is 5.78 Å². The number of nitrogens with one attached hydrogen (secondary N) is 1. The number of nitrogens with zero attached hydrogens (tertiary/aromatic N) is 2. The van der Waals surface area contributed by atoms with Crippen molar-refractivity contribution in [2.24, 2.45) is 0 Å². The average molecular weight is 264 g/mol. The highest BCUT2D eigenvalue weighted by molar-refractivity contribution is 6.10. The molecule has 2 aromatic carbocycles. The lowest BCUT2D eigenvalue weighted by atomic mass is 10.1. The number of para-hydroxylation sites is 2. The smallest absolute Gasteiger partial charge is 0.233 e. The van der Waals surface area contributed by atoms with E-state index in [2.05, 4.69) is 22.9 Å². The molecular formula is C16H14N3O+. The van der Waals surface area contributed by atoms with Crippen molar-refractivity contribution < 1.29 is 9.36 Å². The maximum atomic E-state index is 11.8. The van der Waals surface area contributed by atoms with Crippen molar-refractivity contribution in [2.45, 2.75) is 13.5 Å². The van der Waals surface area contributed by atoms with E-state index >= 15 is 0 Å². The molecule has 20 heavy (non-hydrogen) atoms. The number of fused-ring (bicyclic) bond motifs is 3. The van der Waals surface area contributed by atoms with Crippen molar-refractivity contribution in [1.82, 2.24) is 4.98 Å². The first-order valence-corrected chi connectivity index (χ1v) is 6.81. The van der Waals surface area contributed by atoms with E-state index in [1.165, 1.54) is 0 Å². The Labute approximate surface area is 116 Å². The minimum atomic E-state index is 0.139. The molecule has 98 valence electrons. The van der Waals surface area contributed by atoms with Crippen molar-refractivity contribution in [3.63, 3.8) is 0 Å². The fourth-order valence-electron chi connectivity index (χ4n) is 2.92. The summed E-state index contributed by atoms with van der Waals surface area (Å²) < 4.78 is 2.24. The van der Waals surface area contributed by atoms with Gasteiger partial charge in [0, 0.05) is 17.7 Å². The molecule has 0 bridgehead atoms. The molecule has 3 aromatic rings. The Bertz CT molecular complexity index is 870. The quantitative estimate of drug-likeness (QED) is 0.542. The molecule has 0 unspecified atom stereocenters. The molecule has 1 N–H and O–H groups in total. The summed E-state index contributed by atoms with van der Waals surface area (Å²) in [6, 6.07) is 12.0. The number of hydrogen-bond donors (Lipinski definition) is 1. The van der Waals surface area contributed by atoms with Gasteiger partial charge in [-0.1, -0.05) is 12.1 Å². The Morgan fingerprint density at radius 1 is 1.20 bits per heavy atom. The molecule has 0 amide bonds. The fraction of sp³-hybridized carbons (Fsp3) is 0.188. The topological polar surface area (TPSA) is 45.9 Å². The van der Waals surface area contributed by atoms with E-state index < -0.39 is 0 Å². The molecule has 1 aliphatic heterocycles. The predicted molar refractivity (Wildman–Crippen MR) is 77.9 cm³/mol. The molecule has 0 saturated carbocycles. The largest absolute Gasteiger partial charge is 0.377 e. The average Bonchev–Trinajstić information content (AvgIpc) is 2.83. The number of aromatic nitrogens is 2. The zero-order valence-corrected chi connectivity index (χ0v) is 11.2. The first-order valence-electron chi connectivity index (χ1n) is 6.81. The maximum absolute atomic E-state index is 11.8. The lowest BCUT2D eigenvalue weighted by Crippen LogP contribution is -2.34. The van der Waals surface area contributed by atoms with Crippen LogP contribution in [0.3, 0.4) is 0 Å². The molecule has 4 heteroatoms. The van der Waals surface area contributed by atoms with Crippen LogP contribution in [0.25, 0.3) is 22.1 Å². The third kappa shape index (κ3) is 1.45. The van der Waals surface area contributed by atoms with Crippen LogP contribution in [0.1, 0.15) is 17.3 Å². The fourth-order valence-corrected chi connectivity index (χ4v) is 2.92. The molecule has 4 rings (SSSR count). The molecule has 4 nitrogen and oxygen atoms in total. The Kier molecular flexibility index (Phi) is 2.27. The zero-order valence-electron chi connectivity index (χ0n) is 11.2. The number of rotatable bonds is 1. The van der Waals surface area contributed by atoms with E-state index in [4.69, 9.17) is 4.98 Å². The summed E-state index contributed by atoms with van der Waals surface area (Å²) in [5.41, 5.74) is 5.69. The Morgan fingerprint density at radius 2 is 2.05 bits per heavy atom. The van der Waals surface area contributed by atoms with E-state index in [0.717, 1.165) is 39.9 Å². The number of aryl methyl sites for hydroxylation is 1. The van der Waals surface area contributed by atoms with Crippen molar-refractivity contribution in [2.75, 3.05) is 11.9 Å². The summed E-state index contributed by atoms with van der Waals surface area (Å²) in [5.74, 6) is 0.139. The summed E-state index contributed by atoms with van der Waals surface area (Å²) in [6.07, 6.45) is 0. The third-order valence-corrected chi connectivity index (χ3v) is 3.87. The second-order valence-corrected chi connectivity index (χ2v) is 5.01. The first-order chi connectivity index (χ1) is 9.78. The van der Waals surface area contributed by atoms with Gasteiger partial charge in [-0.2, -0.15) is 4.57 Å². The highest BCUT2D eigenvalue weighted by atomic mass is 16.1. The van der Waals surface area contributed by atoms with Gasteiger partial charge in [0.1, 0.15) is 17.6 Å². The minimum Gasteiger partial charge on any atom is -0.377 e. The Morgan fingerprint density at radius 3 is 2.90 bits per heavy atom. The third-order valence-electron chi connectivity index (χ3n) is 3.87. The molecule has 1 aliphatic rings. The molecule has 1 aromatic heterocycles. The Hall–Kier alpha value is -2.49. The summed E-state index contributed by atoms with van der Waals surface area (Å²) in [6.45, 7) is 3.38. The number of carbonyl (C=O) groups is 1. The van der Waals surface area contributed by atoms with E-state index in [1.54, 1.807) is 0 Å². The van der Waals surface area contributed by atoms with Gasteiger partial charge in [-0.15, -0.1) is 0 Å². The van der Waals surface area contributed by atoms with E-state index in [9.17, 15) is 4.79 Å². The Balaban J connectivity index is 2.17. The van der Waals surface area contributed by atoms with Crippen LogP contribution in [0.5, 0.6) is 0 Å². The summed E-state index contributed by atoms with van der Waals surface area (Å²) >= 11 is 0. The SMILES string of the molecule is CC[n+]1c2ccccc2nc2cc3c(cc21)NCC3=O. The maximum Gasteiger partial charge on any atom is 0.233 e. The van der Waals surface area contributed by atoms with Crippen LogP contribution in [-0.2, 0) is 6.54 Å². The number of benzene rings is 2. The van der Waals surface area contributed by atoms with Crippen LogP contribution in [0.4, 0.5) is 5.69 Å². The highest BCUT2D eigenvalue weighted by Gasteiger charge is 2.24. The number of Topliss-reactive ketones (excluding diaryl/α,β-unsaturated/α-hetero) is 1. The molecule has 0 spiro atoms. The lowest BCUT2D eigenvalue weighted by Gasteiger charge is -2.05. The predicted octanol–water partition coefficient (Wildman–Crippen LogP) is 2.30. The van der Waals surface area contributed by atoms with Crippen LogP contribution < -0.4 is 9.88 Å². The molecule has 2 heterocycles. The lowest BCUT2D eigenvalue weighted by molar-refractivity contribution is -0.641. The van der Waals surface area contributed by atoms with E-state index in [1.807, 2.05) is 30.3 Å². The van der Waals surface area contributed by atoms with Crippen molar-refractivity contribution >= 4 is 33.5 Å². The summed E-state index contributed by atoms with van der Waals surface area (Å²) in [4.78, 5) is 16.5. The molecule has 0 saturated heterocycles. The van der Waals surface area contributed by atoms with E-state index in [0.29, 0.717) is 6.54 Å². The van der Waals surface area contributed by atoms with Gasteiger partial charge in [0.25, 0.3) is 0 Å². The molecule has 0 aliphatic carbocycles. The van der Waals surface area contributed by atoms with Crippen molar-refractivity contribution in [3.8, 4) is 0 Å². The van der Waals surface area contributed by atoms with Gasteiger partial charge < -0.3 is 5.32 Å². The number of ketones is 1. The molecule has 0 atom stereocenters. The second-order valence-electron chi connectivity index (χ2n) is 5.01. The minimum absolute atomic E-state index is 0.139. The number of carbonyl (C=O) groups excluding carboxylic acids is 1. The van der Waals surface area contributed by atoms with Gasteiger partial charge in [-0.3, -0.25) is 4.79 Å².